The van der Waals surface area contributed by atoms with Gasteiger partial charge in [0, 0.05) is 11.7 Å². The highest BCUT2D eigenvalue weighted by atomic mass is 16.2. The van der Waals surface area contributed by atoms with Crippen LogP contribution in [-0.4, -0.2) is 66.5 Å². The number of nitrogens with one attached hydrogen (secondary N) is 1. The summed E-state index contributed by atoms with van der Waals surface area (Å²) in [5.74, 6) is -1.29. The van der Waals surface area contributed by atoms with E-state index in [1.165, 1.54) is 15.5 Å². The summed E-state index contributed by atoms with van der Waals surface area (Å²) >= 11 is 0. The van der Waals surface area contributed by atoms with E-state index in [1.54, 1.807) is 0 Å². The van der Waals surface area contributed by atoms with E-state index in [9.17, 15) is 14.4 Å². The molecule has 4 amide bonds. The summed E-state index contributed by atoms with van der Waals surface area (Å²) in [6.45, 7) is 3.70. The smallest absolute Gasteiger partial charge is 0.338 e. The van der Waals surface area contributed by atoms with Crippen LogP contribution in [-0.2, 0) is 9.59 Å². The summed E-state index contributed by atoms with van der Waals surface area (Å²) in [7, 11) is 0. The largest absolute Gasteiger partial charge is 0.360 e. The van der Waals surface area contributed by atoms with Crippen LogP contribution in [0.1, 0.15) is 25.7 Å². The van der Waals surface area contributed by atoms with Gasteiger partial charge >= 0.3 is 17.8 Å². The van der Waals surface area contributed by atoms with Crippen LogP contribution in [0.15, 0.2) is 30.3 Å². The number of carbonyl (C=O) groups is 3. The van der Waals surface area contributed by atoms with Crippen molar-refractivity contribution in [3.63, 3.8) is 0 Å². The number of rotatable bonds is 4. The van der Waals surface area contributed by atoms with Crippen LogP contribution >= 0.6 is 0 Å². The van der Waals surface area contributed by atoms with Gasteiger partial charge in [-0.25, -0.2) is 9.69 Å². The molecule has 1 N–H and O–H groups in total. The SMILES string of the molecule is O=C1C(=O)N(C2CCCC2)C(=O)N1C[NH+]1CCN(c2ccccc2)CC1. The van der Waals surface area contributed by atoms with Gasteiger partial charge in [-0.2, -0.15) is 0 Å². The van der Waals surface area contributed by atoms with Crippen LogP contribution in [0.4, 0.5) is 10.5 Å². The molecule has 26 heavy (non-hydrogen) atoms. The summed E-state index contributed by atoms with van der Waals surface area (Å²) in [5, 5.41) is 0. The predicted octanol–water partition coefficient (Wildman–Crippen LogP) is 0.0824. The average Bonchev–Trinajstić information content (AvgIpc) is 3.27. The zero-order valence-corrected chi connectivity index (χ0v) is 14.9. The van der Waals surface area contributed by atoms with Crippen LogP contribution in [0.5, 0.6) is 0 Å². The van der Waals surface area contributed by atoms with Crippen LogP contribution in [0.2, 0.25) is 0 Å². The van der Waals surface area contributed by atoms with Gasteiger partial charge in [0.15, 0.2) is 6.67 Å². The second-order valence-electron chi connectivity index (χ2n) is 7.36. The standard InChI is InChI=1S/C19H24N4O3/c24-17-18(25)23(16-8-4-5-9-16)19(26)22(17)14-20-10-12-21(13-11-20)15-6-2-1-3-7-15/h1-3,6-7,16H,4-5,8-14H2/p+1. The Morgan fingerprint density at radius 3 is 2.23 bits per heavy atom. The molecule has 0 radical (unpaired) electrons. The molecule has 1 aromatic carbocycles. The van der Waals surface area contributed by atoms with E-state index in [-0.39, 0.29) is 12.7 Å². The van der Waals surface area contributed by atoms with Gasteiger partial charge < -0.3 is 9.80 Å². The van der Waals surface area contributed by atoms with Gasteiger partial charge in [0.1, 0.15) is 0 Å². The monoisotopic (exact) mass is 357 g/mol. The van der Waals surface area contributed by atoms with Gasteiger partial charge in [-0.05, 0) is 25.0 Å². The highest BCUT2D eigenvalue weighted by Gasteiger charge is 2.49. The Labute approximate surface area is 153 Å². The maximum atomic E-state index is 12.7. The number of urea groups is 1. The Balaban J connectivity index is 1.36. The first-order valence-electron chi connectivity index (χ1n) is 9.48. The Morgan fingerprint density at radius 2 is 1.58 bits per heavy atom. The Bertz CT molecular complexity index is 694. The van der Waals surface area contributed by atoms with E-state index in [0.29, 0.717) is 0 Å². The van der Waals surface area contributed by atoms with E-state index in [2.05, 4.69) is 17.0 Å². The Hall–Kier alpha value is -2.41. The number of quaternary nitrogens is 1. The highest BCUT2D eigenvalue weighted by molar-refractivity contribution is 6.44. The molecule has 7 heteroatoms. The number of amides is 4. The van der Waals surface area contributed by atoms with E-state index in [4.69, 9.17) is 0 Å². The third kappa shape index (κ3) is 3.07. The number of imide groups is 2. The summed E-state index contributed by atoms with van der Waals surface area (Å²) in [5.41, 5.74) is 1.20. The van der Waals surface area contributed by atoms with Gasteiger partial charge in [-0.15, -0.1) is 0 Å². The van der Waals surface area contributed by atoms with Gasteiger partial charge in [0.25, 0.3) is 0 Å². The second-order valence-corrected chi connectivity index (χ2v) is 7.36. The van der Waals surface area contributed by atoms with Gasteiger partial charge in [0.2, 0.25) is 0 Å². The van der Waals surface area contributed by atoms with Crippen molar-refractivity contribution in [1.29, 1.82) is 0 Å². The number of hydrogen-bond acceptors (Lipinski definition) is 4. The number of piperazine rings is 1. The highest BCUT2D eigenvalue weighted by Crippen LogP contribution is 2.27. The molecule has 0 unspecified atom stereocenters. The summed E-state index contributed by atoms with van der Waals surface area (Å²) in [4.78, 5) is 43.1. The molecule has 0 bridgehead atoms. The van der Waals surface area contributed by atoms with Crippen molar-refractivity contribution < 1.29 is 19.3 Å². The van der Waals surface area contributed by atoms with E-state index < -0.39 is 17.8 Å². The number of benzene rings is 1. The molecule has 0 aromatic heterocycles. The normalized spacial score (nSPS) is 22.8. The zero-order valence-electron chi connectivity index (χ0n) is 14.9. The van der Waals surface area contributed by atoms with E-state index in [0.717, 1.165) is 56.8 Å². The minimum atomic E-state index is -0.653. The Morgan fingerprint density at radius 1 is 0.923 bits per heavy atom. The second kappa shape index (κ2) is 7.07. The molecular weight excluding hydrogens is 332 g/mol. The molecule has 0 atom stereocenters. The number of anilines is 1. The average molecular weight is 357 g/mol. The lowest BCUT2D eigenvalue weighted by Gasteiger charge is -2.34. The topological polar surface area (TPSA) is 65.4 Å². The fraction of sp³-hybridized carbons (Fsp3) is 0.526. The van der Waals surface area contributed by atoms with E-state index >= 15 is 0 Å². The van der Waals surface area contributed by atoms with Crippen LogP contribution in [0, 0.1) is 0 Å². The number of hydrogen-bond donors (Lipinski definition) is 1. The third-order valence-corrected chi connectivity index (χ3v) is 5.75. The molecule has 3 fully saturated rings. The lowest BCUT2D eigenvalue weighted by molar-refractivity contribution is -0.907. The molecule has 0 spiro atoms. The first-order chi connectivity index (χ1) is 12.6. The maximum absolute atomic E-state index is 12.7. The van der Waals surface area contributed by atoms with Crippen molar-refractivity contribution in [2.45, 2.75) is 31.7 Å². The van der Waals surface area contributed by atoms with Gasteiger partial charge in [-0.3, -0.25) is 14.5 Å². The first kappa shape index (κ1) is 17.0. The molecule has 7 nitrogen and oxygen atoms in total. The minimum Gasteiger partial charge on any atom is -0.360 e. The van der Waals surface area contributed by atoms with Crippen molar-refractivity contribution in [1.82, 2.24) is 9.80 Å². The molecule has 1 saturated carbocycles. The Kier molecular flexibility index (Phi) is 4.63. The lowest BCUT2D eigenvalue weighted by atomic mass is 10.2. The number of para-hydroxylation sites is 1. The third-order valence-electron chi connectivity index (χ3n) is 5.75. The molecule has 4 rings (SSSR count). The van der Waals surface area contributed by atoms with Gasteiger partial charge in [-0.1, -0.05) is 31.0 Å². The summed E-state index contributed by atoms with van der Waals surface area (Å²) < 4.78 is 0. The van der Waals surface area contributed by atoms with Crippen LogP contribution in [0.25, 0.3) is 0 Å². The van der Waals surface area contributed by atoms with Crippen molar-refractivity contribution >= 4 is 23.5 Å². The molecule has 1 aliphatic carbocycles. The van der Waals surface area contributed by atoms with E-state index in [1.807, 2.05) is 18.2 Å². The number of nitrogens with zero attached hydrogens (tertiary/aromatic N) is 3. The number of carbonyl (C=O) groups excluding carboxylic acids is 3. The first-order valence-corrected chi connectivity index (χ1v) is 9.48. The zero-order chi connectivity index (χ0) is 18.1. The summed E-state index contributed by atoms with van der Waals surface area (Å²) in [6, 6.07) is 9.74. The summed E-state index contributed by atoms with van der Waals surface area (Å²) in [6.07, 6.45) is 3.67. The predicted molar refractivity (Wildman–Crippen MR) is 95.6 cm³/mol. The molecule has 2 heterocycles. The van der Waals surface area contributed by atoms with Crippen LogP contribution < -0.4 is 9.80 Å². The lowest BCUT2D eigenvalue weighted by Crippen LogP contribution is -3.16. The fourth-order valence-electron chi connectivity index (χ4n) is 4.25. The van der Waals surface area contributed by atoms with Crippen molar-refractivity contribution in [3.05, 3.63) is 30.3 Å². The molecule has 2 saturated heterocycles. The molecule has 138 valence electrons. The van der Waals surface area contributed by atoms with Crippen LogP contribution in [0.3, 0.4) is 0 Å². The van der Waals surface area contributed by atoms with Crippen molar-refractivity contribution in [2.75, 3.05) is 37.7 Å². The fourth-order valence-corrected chi connectivity index (χ4v) is 4.25. The quantitative estimate of drug-likeness (QED) is 0.612. The molecular formula is C19H25N4O3+. The van der Waals surface area contributed by atoms with Crippen molar-refractivity contribution in [3.8, 4) is 0 Å². The molecule has 3 aliphatic rings. The minimum absolute atomic E-state index is 0.0890. The van der Waals surface area contributed by atoms with Gasteiger partial charge in [0.05, 0.1) is 26.2 Å². The molecule has 2 aliphatic heterocycles. The maximum Gasteiger partial charge on any atom is 0.338 e. The van der Waals surface area contributed by atoms with Crippen molar-refractivity contribution in [2.24, 2.45) is 0 Å². The molecule has 1 aromatic rings.